The Balaban J connectivity index is 1.95. The number of aromatic nitrogens is 3. The molecule has 25 heavy (non-hydrogen) atoms. The standard InChI is InChI=1S/C18H19N5O2/c1-3-10-23-18(25)15-9-5-4-8-14(15)16(21-23)17(24)20-19-12-13-7-6-11-22(13)2/h4-9,11-12H,3,10H2,1-2H3,(H,20,24)/b19-12+. The van der Waals surface area contributed by atoms with E-state index in [0.29, 0.717) is 17.3 Å². The number of aryl methyl sites for hydroxylation is 2. The van der Waals surface area contributed by atoms with E-state index in [2.05, 4.69) is 15.6 Å². The monoisotopic (exact) mass is 337 g/mol. The van der Waals surface area contributed by atoms with Crippen molar-refractivity contribution in [3.8, 4) is 0 Å². The summed E-state index contributed by atoms with van der Waals surface area (Å²) in [5, 5.41) is 9.21. The molecule has 0 fully saturated rings. The van der Waals surface area contributed by atoms with Gasteiger partial charge in [0.1, 0.15) is 0 Å². The van der Waals surface area contributed by atoms with Crippen LogP contribution in [0.5, 0.6) is 0 Å². The molecule has 0 aliphatic carbocycles. The molecule has 0 radical (unpaired) electrons. The molecule has 128 valence electrons. The number of fused-ring (bicyclic) bond motifs is 1. The van der Waals surface area contributed by atoms with Gasteiger partial charge in [-0.05, 0) is 24.6 Å². The summed E-state index contributed by atoms with van der Waals surface area (Å²) in [5.41, 5.74) is 3.33. The predicted molar refractivity (Wildman–Crippen MR) is 96.8 cm³/mol. The predicted octanol–water partition coefficient (Wildman–Crippen LogP) is 1.91. The maximum atomic E-state index is 12.5. The number of hydrogen-bond donors (Lipinski definition) is 1. The highest BCUT2D eigenvalue weighted by Gasteiger charge is 2.15. The van der Waals surface area contributed by atoms with Crippen molar-refractivity contribution in [2.24, 2.45) is 12.1 Å². The molecular weight excluding hydrogens is 318 g/mol. The third-order valence-corrected chi connectivity index (χ3v) is 3.87. The van der Waals surface area contributed by atoms with Crippen LogP contribution in [0.2, 0.25) is 0 Å². The molecule has 0 aliphatic heterocycles. The lowest BCUT2D eigenvalue weighted by Crippen LogP contribution is -2.29. The number of benzene rings is 1. The fourth-order valence-corrected chi connectivity index (χ4v) is 2.58. The van der Waals surface area contributed by atoms with Gasteiger partial charge >= 0.3 is 0 Å². The first-order valence-corrected chi connectivity index (χ1v) is 8.06. The van der Waals surface area contributed by atoms with Gasteiger partial charge < -0.3 is 4.57 Å². The summed E-state index contributed by atoms with van der Waals surface area (Å²) in [5.74, 6) is -0.452. The lowest BCUT2D eigenvalue weighted by molar-refractivity contribution is 0.0949. The molecule has 2 heterocycles. The van der Waals surface area contributed by atoms with Crippen molar-refractivity contribution >= 4 is 22.9 Å². The molecule has 1 N–H and O–H groups in total. The maximum Gasteiger partial charge on any atom is 0.292 e. The zero-order chi connectivity index (χ0) is 17.8. The Morgan fingerprint density at radius 3 is 2.68 bits per heavy atom. The Bertz CT molecular complexity index is 1000. The van der Waals surface area contributed by atoms with Crippen LogP contribution in [0.4, 0.5) is 0 Å². The van der Waals surface area contributed by atoms with Gasteiger partial charge in [-0.1, -0.05) is 25.1 Å². The van der Waals surface area contributed by atoms with E-state index < -0.39 is 5.91 Å². The molecule has 1 aromatic carbocycles. The van der Waals surface area contributed by atoms with E-state index in [4.69, 9.17) is 0 Å². The van der Waals surface area contributed by atoms with Crippen molar-refractivity contribution < 1.29 is 4.79 Å². The molecule has 0 aliphatic rings. The van der Waals surface area contributed by atoms with Crippen LogP contribution in [0, 0.1) is 0 Å². The number of hydrogen-bond acceptors (Lipinski definition) is 4. The average molecular weight is 337 g/mol. The Labute approximate surface area is 144 Å². The van der Waals surface area contributed by atoms with Gasteiger partial charge in [-0.25, -0.2) is 10.1 Å². The Morgan fingerprint density at radius 2 is 2.00 bits per heavy atom. The van der Waals surface area contributed by atoms with E-state index in [-0.39, 0.29) is 11.3 Å². The second-order valence-corrected chi connectivity index (χ2v) is 5.67. The summed E-state index contributed by atoms with van der Waals surface area (Å²) in [7, 11) is 1.89. The van der Waals surface area contributed by atoms with Crippen molar-refractivity contribution in [3.63, 3.8) is 0 Å². The first-order chi connectivity index (χ1) is 12.1. The van der Waals surface area contributed by atoms with Gasteiger partial charge in [-0.2, -0.15) is 10.2 Å². The summed E-state index contributed by atoms with van der Waals surface area (Å²) < 4.78 is 3.21. The van der Waals surface area contributed by atoms with Crippen LogP contribution in [0.1, 0.15) is 29.5 Å². The molecule has 0 saturated heterocycles. The van der Waals surface area contributed by atoms with Crippen molar-refractivity contribution in [1.82, 2.24) is 19.8 Å². The lowest BCUT2D eigenvalue weighted by atomic mass is 10.1. The first kappa shape index (κ1) is 16.6. The van der Waals surface area contributed by atoms with E-state index in [1.165, 1.54) is 4.68 Å². The molecule has 2 aromatic heterocycles. The Hall–Kier alpha value is -3.22. The normalized spacial score (nSPS) is 11.3. The molecule has 1 amide bonds. The average Bonchev–Trinajstić information content (AvgIpc) is 3.02. The zero-order valence-electron chi connectivity index (χ0n) is 14.1. The quantitative estimate of drug-likeness (QED) is 0.570. The highest BCUT2D eigenvalue weighted by molar-refractivity contribution is 6.04. The number of rotatable bonds is 5. The summed E-state index contributed by atoms with van der Waals surface area (Å²) in [6.07, 6.45) is 4.19. The number of nitrogens with one attached hydrogen (secondary N) is 1. The summed E-state index contributed by atoms with van der Waals surface area (Å²) in [4.78, 5) is 25.0. The van der Waals surface area contributed by atoms with Crippen LogP contribution in [0.25, 0.3) is 10.8 Å². The number of hydrazone groups is 1. The minimum atomic E-state index is -0.452. The Morgan fingerprint density at radius 1 is 1.24 bits per heavy atom. The molecular formula is C18H19N5O2. The molecule has 3 aromatic rings. The van der Waals surface area contributed by atoms with Gasteiger partial charge in [0.05, 0.1) is 17.3 Å². The van der Waals surface area contributed by atoms with Gasteiger partial charge in [0.2, 0.25) is 0 Å². The highest BCUT2D eigenvalue weighted by atomic mass is 16.2. The molecule has 0 spiro atoms. The number of carbonyl (C=O) groups excluding carboxylic acids is 1. The number of amides is 1. The van der Waals surface area contributed by atoms with E-state index in [1.54, 1.807) is 30.5 Å². The topological polar surface area (TPSA) is 81.3 Å². The zero-order valence-corrected chi connectivity index (χ0v) is 14.1. The van der Waals surface area contributed by atoms with Crippen LogP contribution < -0.4 is 11.0 Å². The molecule has 0 saturated carbocycles. The smallest absolute Gasteiger partial charge is 0.292 e. The SMILES string of the molecule is CCCn1nc(C(=O)N/N=C/c2cccn2C)c2ccccc2c1=O. The van der Waals surface area contributed by atoms with Crippen LogP contribution in [-0.4, -0.2) is 26.5 Å². The molecule has 7 nitrogen and oxygen atoms in total. The molecule has 7 heteroatoms. The Kier molecular flexibility index (Phi) is 4.74. The second-order valence-electron chi connectivity index (χ2n) is 5.67. The largest absolute Gasteiger partial charge is 0.350 e. The van der Waals surface area contributed by atoms with Crippen molar-refractivity contribution in [1.29, 1.82) is 0 Å². The van der Waals surface area contributed by atoms with Crippen molar-refractivity contribution in [2.75, 3.05) is 0 Å². The van der Waals surface area contributed by atoms with Gasteiger partial charge in [-0.15, -0.1) is 0 Å². The van der Waals surface area contributed by atoms with Gasteiger partial charge in [-0.3, -0.25) is 9.59 Å². The van der Waals surface area contributed by atoms with E-state index >= 15 is 0 Å². The fraction of sp³-hybridized carbons (Fsp3) is 0.222. The second kappa shape index (κ2) is 7.12. The van der Waals surface area contributed by atoms with Crippen LogP contribution in [-0.2, 0) is 13.6 Å². The summed E-state index contributed by atoms with van der Waals surface area (Å²) in [6, 6.07) is 10.7. The summed E-state index contributed by atoms with van der Waals surface area (Å²) >= 11 is 0. The van der Waals surface area contributed by atoms with Gasteiger partial charge in [0, 0.05) is 25.2 Å². The van der Waals surface area contributed by atoms with Crippen molar-refractivity contribution in [2.45, 2.75) is 19.9 Å². The van der Waals surface area contributed by atoms with Crippen LogP contribution in [0.15, 0.2) is 52.5 Å². The molecule has 3 rings (SSSR count). The van der Waals surface area contributed by atoms with Gasteiger partial charge in [0.15, 0.2) is 5.69 Å². The van der Waals surface area contributed by atoms with E-state index in [1.807, 2.05) is 36.9 Å². The van der Waals surface area contributed by atoms with E-state index in [0.717, 1.165) is 12.1 Å². The maximum absolute atomic E-state index is 12.5. The van der Waals surface area contributed by atoms with Crippen molar-refractivity contribution in [3.05, 3.63) is 64.3 Å². The summed E-state index contributed by atoms with van der Waals surface area (Å²) in [6.45, 7) is 2.41. The van der Waals surface area contributed by atoms with Crippen LogP contribution in [0.3, 0.4) is 0 Å². The van der Waals surface area contributed by atoms with Crippen LogP contribution >= 0.6 is 0 Å². The molecule has 0 bridgehead atoms. The number of nitrogens with zero attached hydrogens (tertiary/aromatic N) is 4. The van der Waals surface area contributed by atoms with E-state index in [9.17, 15) is 9.59 Å². The van der Waals surface area contributed by atoms with Gasteiger partial charge in [0.25, 0.3) is 11.5 Å². The lowest BCUT2D eigenvalue weighted by Gasteiger charge is -2.09. The first-order valence-electron chi connectivity index (χ1n) is 8.06. The number of carbonyl (C=O) groups is 1. The fourth-order valence-electron chi connectivity index (χ4n) is 2.58. The minimum absolute atomic E-state index is 0.188. The molecule has 0 atom stereocenters. The third kappa shape index (κ3) is 3.35. The third-order valence-electron chi connectivity index (χ3n) is 3.87. The molecule has 0 unspecified atom stereocenters. The highest BCUT2D eigenvalue weighted by Crippen LogP contribution is 2.13. The minimum Gasteiger partial charge on any atom is -0.350 e.